The first-order chi connectivity index (χ1) is 8.74. The zero-order valence-corrected chi connectivity index (χ0v) is 11.5. The van der Waals surface area contributed by atoms with Gasteiger partial charge in [0.1, 0.15) is 12.4 Å². The van der Waals surface area contributed by atoms with Crippen LogP contribution in [0, 0.1) is 0 Å². The molecule has 1 atom stereocenters. The minimum Gasteiger partial charge on any atom is -0.492 e. The van der Waals surface area contributed by atoms with Gasteiger partial charge < -0.3 is 15.4 Å². The SMILES string of the molecule is CCN(CC)CCOc1ccc2c(c1)CC[C@@H]2N. The maximum atomic E-state index is 6.02. The van der Waals surface area contributed by atoms with Crippen molar-refractivity contribution >= 4 is 0 Å². The third kappa shape index (κ3) is 3.03. The zero-order valence-electron chi connectivity index (χ0n) is 11.5. The molecular formula is C15H24N2O. The summed E-state index contributed by atoms with van der Waals surface area (Å²) in [6.07, 6.45) is 2.15. The van der Waals surface area contributed by atoms with Gasteiger partial charge in [0.25, 0.3) is 0 Å². The van der Waals surface area contributed by atoms with Crippen LogP contribution in [0.2, 0.25) is 0 Å². The summed E-state index contributed by atoms with van der Waals surface area (Å²) in [5.74, 6) is 0.981. The third-order valence-electron chi connectivity index (χ3n) is 3.81. The summed E-state index contributed by atoms with van der Waals surface area (Å²) in [4.78, 5) is 2.36. The lowest BCUT2D eigenvalue weighted by Crippen LogP contribution is -2.27. The minimum atomic E-state index is 0.227. The lowest BCUT2D eigenvalue weighted by atomic mass is 10.1. The average molecular weight is 248 g/mol. The average Bonchev–Trinajstić information content (AvgIpc) is 2.76. The predicted molar refractivity (Wildman–Crippen MR) is 75.0 cm³/mol. The van der Waals surface area contributed by atoms with Crippen LogP contribution in [0.5, 0.6) is 5.75 Å². The molecule has 0 amide bonds. The number of likely N-dealkylation sites (N-methyl/N-ethyl adjacent to an activating group) is 1. The van der Waals surface area contributed by atoms with Crippen molar-refractivity contribution in [3.63, 3.8) is 0 Å². The standard InChI is InChI=1S/C15H24N2O/c1-3-17(4-2)9-10-18-13-6-7-14-12(11-13)5-8-15(14)16/h6-7,11,15H,3-5,8-10,16H2,1-2H3/t15-/m0/s1. The van der Waals surface area contributed by atoms with Gasteiger partial charge in [-0.25, -0.2) is 0 Å². The van der Waals surface area contributed by atoms with Crippen LogP contribution in [0.1, 0.15) is 37.4 Å². The van der Waals surface area contributed by atoms with Crippen molar-refractivity contribution in [3.8, 4) is 5.75 Å². The second kappa shape index (κ2) is 6.21. The first kappa shape index (κ1) is 13.4. The van der Waals surface area contributed by atoms with Gasteiger partial charge in [0.2, 0.25) is 0 Å². The van der Waals surface area contributed by atoms with E-state index in [0.29, 0.717) is 0 Å². The fourth-order valence-corrected chi connectivity index (χ4v) is 2.55. The van der Waals surface area contributed by atoms with Crippen molar-refractivity contribution in [3.05, 3.63) is 29.3 Å². The van der Waals surface area contributed by atoms with Gasteiger partial charge in [0, 0.05) is 12.6 Å². The van der Waals surface area contributed by atoms with Crippen LogP contribution in [0.4, 0.5) is 0 Å². The molecule has 0 unspecified atom stereocenters. The number of rotatable bonds is 6. The van der Waals surface area contributed by atoms with Crippen molar-refractivity contribution in [1.29, 1.82) is 0 Å². The monoisotopic (exact) mass is 248 g/mol. The highest BCUT2D eigenvalue weighted by Gasteiger charge is 2.18. The molecule has 1 aliphatic rings. The summed E-state index contributed by atoms with van der Waals surface area (Å²) >= 11 is 0. The van der Waals surface area contributed by atoms with Crippen molar-refractivity contribution < 1.29 is 4.74 Å². The fourth-order valence-electron chi connectivity index (χ4n) is 2.55. The van der Waals surface area contributed by atoms with E-state index in [9.17, 15) is 0 Å². The molecule has 2 N–H and O–H groups in total. The van der Waals surface area contributed by atoms with Crippen LogP contribution in [-0.4, -0.2) is 31.1 Å². The van der Waals surface area contributed by atoms with E-state index in [0.717, 1.165) is 44.8 Å². The van der Waals surface area contributed by atoms with Gasteiger partial charge in [-0.05, 0) is 49.2 Å². The predicted octanol–water partition coefficient (Wildman–Crippen LogP) is 2.35. The Morgan fingerprint density at radius 1 is 1.33 bits per heavy atom. The van der Waals surface area contributed by atoms with E-state index in [4.69, 9.17) is 10.5 Å². The van der Waals surface area contributed by atoms with Crippen molar-refractivity contribution in [2.45, 2.75) is 32.7 Å². The van der Waals surface area contributed by atoms with Crippen LogP contribution in [0.3, 0.4) is 0 Å². The molecule has 1 aromatic carbocycles. The molecule has 0 bridgehead atoms. The molecule has 1 aliphatic carbocycles. The number of hydrogen-bond acceptors (Lipinski definition) is 3. The summed E-state index contributed by atoms with van der Waals surface area (Å²) in [6, 6.07) is 6.56. The third-order valence-corrected chi connectivity index (χ3v) is 3.81. The second-order valence-electron chi connectivity index (χ2n) is 4.88. The maximum Gasteiger partial charge on any atom is 0.119 e. The number of aryl methyl sites for hydroxylation is 1. The van der Waals surface area contributed by atoms with Crippen molar-refractivity contribution in [2.24, 2.45) is 5.73 Å². The lowest BCUT2D eigenvalue weighted by Gasteiger charge is -2.18. The molecule has 18 heavy (non-hydrogen) atoms. The number of hydrogen-bond donors (Lipinski definition) is 1. The molecule has 3 heteroatoms. The number of nitrogens with zero attached hydrogens (tertiary/aromatic N) is 1. The van der Waals surface area contributed by atoms with Crippen molar-refractivity contribution in [2.75, 3.05) is 26.2 Å². The summed E-state index contributed by atoms with van der Waals surface area (Å²) in [7, 11) is 0. The highest BCUT2D eigenvalue weighted by molar-refractivity contribution is 5.40. The maximum absolute atomic E-state index is 6.02. The summed E-state index contributed by atoms with van der Waals surface area (Å²) < 4.78 is 5.82. The normalized spacial score (nSPS) is 18.1. The molecule has 0 radical (unpaired) electrons. The topological polar surface area (TPSA) is 38.5 Å². The molecule has 2 rings (SSSR count). The van der Waals surface area contributed by atoms with Crippen LogP contribution < -0.4 is 10.5 Å². The molecular weight excluding hydrogens is 224 g/mol. The zero-order chi connectivity index (χ0) is 13.0. The molecule has 0 spiro atoms. The first-order valence-corrected chi connectivity index (χ1v) is 6.98. The van der Waals surface area contributed by atoms with Gasteiger partial charge in [-0.2, -0.15) is 0 Å². The summed E-state index contributed by atoms with van der Waals surface area (Å²) in [5.41, 5.74) is 8.69. The van der Waals surface area contributed by atoms with E-state index in [2.05, 4.69) is 30.9 Å². The Morgan fingerprint density at radius 2 is 2.11 bits per heavy atom. The van der Waals surface area contributed by atoms with E-state index in [-0.39, 0.29) is 6.04 Å². The Morgan fingerprint density at radius 3 is 2.83 bits per heavy atom. The Bertz CT molecular complexity index is 388. The van der Waals surface area contributed by atoms with Crippen LogP contribution in [-0.2, 0) is 6.42 Å². The molecule has 0 saturated carbocycles. The van der Waals surface area contributed by atoms with E-state index in [1.54, 1.807) is 0 Å². The van der Waals surface area contributed by atoms with Gasteiger partial charge in [-0.1, -0.05) is 19.9 Å². The van der Waals surface area contributed by atoms with E-state index in [1.165, 1.54) is 11.1 Å². The summed E-state index contributed by atoms with van der Waals surface area (Å²) in [5, 5.41) is 0. The minimum absolute atomic E-state index is 0.227. The van der Waals surface area contributed by atoms with Gasteiger partial charge in [-0.15, -0.1) is 0 Å². The molecule has 0 aliphatic heterocycles. The van der Waals surface area contributed by atoms with E-state index in [1.807, 2.05) is 6.07 Å². The highest BCUT2D eigenvalue weighted by atomic mass is 16.5. The molecule has 0 saturated heterocycles. The fraction of sp³-hybridized carbons (Fsp3) is 0.600. The van der Waals surface area contributed by atoms with E-state index < -0.39 is 0 Å². The number of fused-ring (bicyclic) bond motifs is 1. The Hall–Kier alpha value is -1.06. The number of nitrogens with two attached hydrogens (primary N) is 1. The van der Waals surface area contributed by atoms with E-state index >= 15 is 0 Å². The Balaban J connectivity index is 1.87. The smallest absolute Gasteiger partial charge is 0.119 e. The van der Waals surface area contributed by atoms with Crippen LogP contribution in [0.25, 0.3) is 0 Å². The Labute approximate surface area is 110 Å². The van der Waals surface area contributed by atoms with Crippen molar-refractivity contribution in [1.82, 2.24) is 4.90 Å². The van der Waals surface area contributed by atoms with Crippen LogP contribution in [0.15, 0.2) is 18.2 Å². The molecule has 0 fully saturated rings. The van der Waals surface area contributed by atoms with Crippen LogP contribution >= 0.6 is 0 Å². The quantitative estimate of drug-likeness (QED) is 0.840. The highest BCUT2D eigenvalue weighted by Crippen LogP contribution is 2.31. The molecule has 0 aromatic heterocycles. The van der Waals surface area contributed by atoms with Gasteiger partial charge in [0.15, 0.2) is 0 Å². The summed E-state index contributed by atoms with van der Waals surface area (Å²) in [6.45, 7) is 8.27. The second-order valence-corrected chi connectivity index (χ2v) is 4.88. The molecule has 100 valence electrons. The van der Waals surface area contributed by atoms with Gasteiger partial charge >= 0.3 is 0 Å². The largest absolute Gasteiger partial charge is 0.492 e. The lowest BCUT2D eigenvalue weighted by molar-refractivity contribution is 0.222. The number of benzene rings is 1. The van der Waals surface area contributed by atoms with Gasteiger partial charge in [0.05, 0.1) is 0 Å². The first-order valence-electron chi connectivity index (χ1n) is 6.98. The van der Waals surface area contributed by atoms with Gasteiger partial charge in [-0.3, -0.25) is 0 Å². The number of ether oxygens (including phenoxy) is 1. The molecule has 1 aromatic rings. The molecule has 3 nitrogen and oxygen atoms in total. The molecule has 0 heterocycles. The Kier molecular flexibility index (Phi) is 4.61.